The lowest BCUT2D eigenvalue weighted by atomic mass is 10.0. The average Bonchev–Trinajstić information content (AvgIpc) is 2.72. The van der Waals surface area contributed by atoms with Crippen LogP contribution in [-0.2, 0) is 20.0 Å². The van der Waals surface area contributed by atoms with Crippen LogP contribution in [0.3, 0.4) is 0 Å². The monoisotopic (exact) mass is 259 g/mol. The molecule has 0 bridgehead atoms. The minimum atomic E-state index is 0.454. The van der Waals surface area contributed by atoms with E-state index in [1.165, 1.54) is 5.56 Å². The van der Waals surface area contributed by atoms with Crippen LogP contribution >= 0.6 is 0 Å². The van der Waals surface area contributed by atoms with Gasteiger partial charge in [-0.1, -0.05) is 13.0 Å². The van der Waals surface area contributed by atoms with Gasteiger partial charge in [-0.15, -0.1) is 0 Å². The molecule has 2 N–H and O–H groups in total. The number of nitrogens with two attached hydrogens (primary N) is 1. The van der Waals surface area contributed by atoms with Crippen molar-refractivity contribution in [2.75, 3.05) is 7.11 Å². The van der Waals surface area contributed by atoms with Gasteiger partial charge in [-0.2, -0.15) is 5.10 Å². The summed E-state index contributed by atoms with van der Waals surface area (Å²) in [6, 6.07) is 6.28. The van der Waals surface area contributed by atoms with Crippen LogP contribution in [0.15, 0.2) is 18.2 Å². The summed E-state index contributed by atoms with van der Waals surface area (Å²) < 4.78 is 7.36. The van der Waals surface area contributed by atoms with E-state index in [1.54, 1.807) is 7.11 Å². The molecule has 0 saturated carbocycles. The van der Waals surface area contributed by atoms with Crippen molar-refractivity contribution in [1.29, 1.82) is 0 Å². The van der Waals surface area contributed by atoms with Crippen molar-refractivity contribution < 1.29 is 4.74 Å². The molecule has 19 heavy (non-hydrogen) atoms. The van der Waals surface area contributed by atoms with Crippen molar-refractivity contribution in [3.8, 4) is 17.0 Å². The van der Waals surface area contributed by atoms with Gasteiger partial charge in [-0.25, -0.2) is 0 Å². The molecule has 0 aliphatic carbocycles. The third kappa shape index (κ3) is 2.36. The molecule has 1 heterocycles. The third-order valence-electron chi connectivity index (χ3n) is 3.50. The van der Waals surface area contributed by atoms with E-state index in [9.17, 15) is 0 Å². The molecule has 0 spiro atoms. The van der Waals surface area contributed by atoms with E-state index < -0.39 is 0 Å². The molecule has 0 atom stereocenters. The van der Waals surface area contributed by atoms with Crippen molar-refractivity contribution in [2.24, 2.45) is 12.8 Å². The molecule has 2 rings (SSSR count). The molecule has 0 aliphatic heterocycles. The van der Waals surface area contributed by atoms with E-state index >= 15 is 0 Å². The zero-order chi connectivity index (χ0) is 14.0. The van der Waals surface area contributed by atoms with E-state index in [2.05, 4.69) is 31.1 Å². The first-order chi connectivity index (χ1) is 9.12. The summed E-state index contributed by atoms with van der Waals surface area (Å²) in [5, 5.41) is 4.47. The second kappa shape index (κ2) is 5.45. The Morgan fingerprint density at radius 1 is 1.37 bits per heavy atom. The van der Waals surface area contributed by atoms with E-state index in [0.29, 0.717) is 6.54 Å². The smallest absolute Gasteiger partial charge is 0.128 e. The van der Waals surface area contributed by atoms with Gasteiger partial charge in [-0.3, -0.25) is 4.68 Å². The van der Waals surface area contributed by atoms with Crippen molar-refractivity contribution in [2.45, 2.75) is 26.8 Å². The maximum atomic E-state index is 5.73. The Bertz CT molecular complexity index is 587. The van der Waals surface area contributed by atoms with Gasteiger partial charge in [0.2, 0.25) is 0 Å². The Hall–Kier alpha value is -1.81. The van der Waals surface area contributed by atoms with Crippen LogP contribution in [0.5, 0.6) is 5.75 Å². The summed E-state index contributed by atoms with van der Waals surface area (Å²) in [6.07, 6.45) is 0.998. The highest BCUT2D eigenvalue weighted by atomic mass is 16.5. The van der Waals surface area contributed by atoms with Gasteiger partial charge in [0.1, 0.15) is 5.75 Å². The first-order valence-corrected chi connectivity index (χ1v) is 6.52. The number of hydrogen-bond acceptors (Lipinski definition) is 3. The zero-order valence-corrected chi connectivity index (χ0v) is 12.0. The highest BCUT2D eigenvalue weighted by Gasteiger charge is 2.16. The molecule has 1 aromatic carbocycles. The minimum Gasteiger partial charge on any atom is -0.496 e. The molecule has 0 aliphatic rings. The number of aromatic nitrogens is 2. The van der Waals surface area contributed by atoms with Gasteiger partial charge < -0.3 is 10.5 Å². The van der Waals surface area contributed by atoms with Gasteiger partial charge in [0.15, 0.2) is 0 Å². The fraction of sp³-hybridized carbons (Fsp3) is 0.400. The van der Waals surface area contributed by atoms with Crippen LogP contribution < -0.4 is 10.5 Å². The van der Waals surface area contributed by atoms with Crippen molar-refractivity contribution >= 4 is 0 Å². The van der Waals surface area contributed by atoms with E-state index in [1.807, 2.05) is 17.8 Å². The van der Waals surface area contributed by atoms with Gasteiger partial charge in [0, 0.05) is 19.2 Å². The van der Waals surface area contributed by atoms with Gasteiger partial charge >= 0.3 is 0 Å². The van der Waals surface area contributed by atoms with Gasteiger partial charge in [0.05, 0.1) is 18.5 Å². The number of hydrogen-bond donors (Lipinski definition) is 1. The molecule has 0 saturated heterocycles. The zero-order valence-electron chi connectivity index (χ0n) is 12.0. The summed E-state index contributed by atoms with van der Waals surface area (Å²) in [6.45, 7) is 4.66. The second-order valence-corrected chi connectivity index (χ2v) is 4.64. The molecule has 4 heteroatoms. The summed E-state index contributed by atoms with van der Waals surface area (Å²) in [5.74, 6) is 0.867. The topological polar surface area (TPSA) is 53.1 Å². The molecule has 0 amide bonds. The molecule has 102 valence electrons. The Morgan fingerprint density at radius 3 is 2.63 bits per heavy atom. The van der Waals surface area contributed by atoms with Crippen molar-refractivity contribution in [3.63, 3.8) is 0 Å². The fourth-order valence-corrected chi connectivity index (χ4v) is 2.42. The standard InChI is InChI=1S/C15H21N3O/c1-5-11-6-7-14(19-4)12(8-11)15-10(2)13(9-16)17-18(15)3/h6-8H,5,9,16H2,1-4H3. The normalized spacial score (nSPS) is 10.8. The van der Waals surface area contributed by atoms with E-state index in [0.717, 1.165) is 34.7 Å². The van der Waals surface area contributed by atoms with Crippen LogP contribution in [0, 0.1) is 6.92 Å². The van der Waals surface area contributed by atoms with Crippen molar-refractivity contribution in [3.05, 3.63) is 35.0 Å². The highest BCUT2D eigenvalue weighted by Crippen LogP contribution is 2.34. The van der Waals surface area contributed by atoms with Crippen LogP contribution in [-0.4, -0.2) is 16.9 Å². The van der Waals surface area contributed by atoms with Crippen LogP contribution in [0.1, 0.15) is 23.7 Å². The molecular formula is C15H21N3O. The quantitative estimate of drug-likeness (QED) is 0.917. The summed E-state index contributed by atoms with van der Waals surface area (Å²) >= 11 is 0. The van der Waals surface area contributed by atoms with Gasteiger partial charge in [-0.05, 0) is 36.6 Å². The predicted octanol–water partition coefficient (Wildman–Crippen LogP) is 2.43. The fourth-order valence-electron chi connectivity index (χ4n) is 2.42. The lowest BCUT2D eigenvalue weighted by Gasteiger charge is -2.11. The Morgan fingerprint density at radius 2 is 2.11 bits per heavy atom. The lowest BCUT2D eigenvalue weighted by Crippen LogP contribution is -1.99. The maximum absolute atomic E-state index is 5.73. The van der Waals surface area contributed by atoms with E-state index in [-0.39, 0.29) is 0 Å². The molecule has 0 unspecified atom stereocenters. The number of methoxy groups -OCH3 is 1. The molecule has 2 aromatic rings. The summed E-state index contributed by atoms with van der Waals surface area (Å²) in [7, 11) is 3.64. The minimum absolute atomic E-state index is 0.454. The van der Waals surface area contributed by atoms with Crippen LogP contribution in [0.4, 0.5) is 0 Å². The number of rotatable bonds is 4. The largest absolute Gasteiger partial charge is 0.496 e. The Balaban J connectivity index is 2.66. The highest BCUT2D eigenvalue weighted by molar-refractivity contribution is 5.71. The average molecular weight is 259 g/mol. The first-order valence-electron chi connectivity index (χ1n) is 6.52. The lowest BCUT2D eigenvalue weighted by molar-refractivity contribution is 0.416. The maximum Gasteiger partial charge on any atom is 0.128 e. The molecule has 4 nitrogen and oxygen atoms in total. The van der Waals surface area contributed by atoms with Crippen LogP contribution in [0.25, 0.3) is 11.3 Å². The summed E-state index contributed by atoms with van der Waals surface area (Å²) in [4.78, 5) is 0. The first kappa shape index (κ1) is 13.6. The number of nitrogens with zero attached hydrogens (tertiary/aromatic N) is 2. The molecular weight excluding hydrogens is 238 g/mol. The number of aryl methyl sites for hydroxylation is 2. The molecule has 0 radical (unpaired) electrons. The number of benzene rings is 1. The van der Waals surface area contributed by atoms with Gasteiger partial charge in [0.25, 0.3) is 0 Å². The van der Waals surface area contributed by atoms with Crippen LogP contribution in [0.2, 0.25) is 0 Å². The third-order valence-corrected chi connectivity index (χ3v) is 3.50. The van der Waals surface area contributed by atoms with Crippen molar-refractivity contribution in [1.82, 2.24) is 9.78 Å². The SMILES string of the molecule is CCc1ccc(OC)c(-c2c(C)c(CN)nn2C)c1. The molecule has 0 fully saturated rings. The Kier molecular flexibility index (Phi) is 3.90. The molecule has 1 aromatic heterocycles. The predicted molar refractivity (Wildman–Crippen MR) is 77.2 cm³/mol. The van der Waals surface area contributed by atoms with E-state index in [4.69, 9.17) is 10.5 Å². The summed E-state index contributed by atoms with van der Waals surface area (Å²) in [5.41, 5.74) is 11.2. The second-order valence-electron chi connectivity index (χ2n) is 4.64. The number of ether oxygens (including phenoxy) is 1. The Labute approximate surface area is 114 Å².